The Kier molecular flexibility index (Phi) is 6.20. The Hall–Kier alpha value is -1.84. The number of carbonyl (C=O) groups is 2. The average molecular weight is 316 g/mol. The van der Waals surface area contributed by atoms with Crippen LogP contribution in [0.5, 0.6) is 0 Å². The number of aryl methyl sites for hydroxylation is 1. The largest absolute Gasteiger partial charge is 0.356 e. The van der Waals surface area contributed by atoms with E-state index in [9.17, 15) is 9.59 Å². The maximum absolute atomic E-state index is 12.5. The molecule has 1 aliphatic heterocycles. The van der Waals surface area contributed by atoms with Crippen LogP contribution >= 0.6 is 0 Å². The number of amides is 2. The standard InChI is InChI=1S/C19H28N2O2/c1-14(2)19(23)20-12-17-5-4-10-21(13-17)18(22)11-16-8-6-15(3)7-9-16/h6-9,14,17H,4-5,10-13H2,1-3H3,(H,20,23)/t17-/m0/s1. The number of piperidine rings is 1. The highest BCUT2D eigenvalue weighted by molar-refractivity contribution is 5.79. The third-order valence-electron chi connectivity index (χ3n) is 4.44. The molecule has 1 atom stereocenters. The van der Waals surface area contributed by atoms with Crippen molar-refractivity contribution in [1.82, 2.24) is 10.2 Å². The van der Waals surface area contributed by atoms with E-state index in [0.29, 0.717) is 18.9 Å². The van der Waals surface area contributed by atoms with Gasteiger partial charge in [0.1, 0.15) is 0 Å². The minimum atomic E-state index is 0.0119. The molecule has 0 saturated carbocycles. The SMILES string of the molecule is Cc1ccc(CC(=O)N2CCC[C@@H](CNC(=O)C(C)C)C2)cc1. The minimum Gasteiger partial charge on any atom is -0.356 e. The third kappa shape index (κ3) is 5.38. The summed E-state index contributed by atoms with van der Waals surface area (Å²) in [4.78, 5) is 26.1. The minimum absolute atomic E-state index is 0.0119. The number of nitrogens with zero attached hydrogens (tertiary/aromatic N) is 1. The van der Waals surface area contributed by atoms with Crippen LogP contribution in [0.25, 0.3) is 0 Å². The molecule has 0 bridgehead atoms. The molecule has 0 aromatic heterocycles. The van der Waals surface area contributed by atoms with Gasteiger partial charge in [-0.05, 0) is 31.2 Å². The van der Waals surface area contributed by atoms with E-state index in [1.165, 1.54) is 5.56 Å². The molecule has 0 radical (unpaired) electrons. The number of hydrogen-bond donors (Lipinski definition) is 1. The van der Waals surface area contributed by atoms with Gasteiger partial charge in [-0.2, -0.15) is 0 Å². The van der Waals surface area contributed by atoms with Gasteiger partial charge in [-0.25, -0.2) is 0 Å². The molecule has 2 rings (SSSR count). The van der Waals surface area contributed by atoms with Gasteiger partial charge in [0.25, 0.3) is 0 Å². The van der Waals surface area contributed by atoms with Crippen molar-refractivity contribution in [2.24, 2.45) is 11.8 Å². The maximum atomic E-state index is 12.5. The molecule has 126 valence electrons. The second-order valence-corrected chi connectivity index (χ2v) is 6.91. The summed E-state index contributed by atoms with van der Waals surface area (Å²) in [6.45, 7) is 8.10. The first-order valence-corrected chi connectivity index (χ1v) is 8.56. The van der Waals surface area contributed by atoms with Gasteiger partial charge >= 0.3 is 0 Å². The van der Waals surface area contributed by atoms with E-state index < -0.39 is 0 Å². The fourth-order valence-corrected chi connectivity index (χ4v) is 2.90. The Balaban J connectivity index is 1.83. The summed E-state index contributed by atoms with van der Waals surface area (Å²) in [5.41, 5.74) is 2.27. The molecule has 1 aliphatic rings. The zero-order valence-corrected chi connectivity index (χ0v) is 14.5. The van der Waals surface area contributed by atoms with Crippen LogP contribution in [-0.2, 0) is 16.0 Å². The fraction of sp³-hybridized carbons (Fsp3) is 0.579. The molecule has 4 heteroatoms. The molecule has 1 N–H and O–H groups in total. The summed E-state index contributed by atoms with van der Waals surface area (Å²) < 4.78 is 0. The molecule has 1 saturated heterocycles. The van der Waals surface area contributed by atoms with Crippen LogP contribution in [-0.4, -0.2) is 36.3 Å². The lowest BCUT2D eigenvalue weighted by Crippen LogP contribution is -2.44. The summed E-state index contributed by atoms with van der Waals surface area (Å²) in [5.74, 6) is 0.660. The zero-order chi connectivity index (χ0) is 16.8. The molecule has 0 spiro atoms. The topological polar surface area (TPSA) is 49.4 Å². The Morgan fingerprint density at radius 2 is 1.96 bits per heavy atom. The Bertz CT molecular complexity index is 537. The summed E-state index contributed by atoms with van der Waals surface area (Å²) in [6, 6.07) is 8.14. The second-order valence-electron chi connectivity index (χ2n) is 6.91. The summed E-state index contributed by atoms with van der Waals surface area (Å²) in [5, 5.41) is 2.99. The lowest BCUT2D eigenvalue weighted by Gasteiger charge is -2.33. The Morgan fingerprint density at radius 3 is 2.61 bits per heavy atom. The van der Waals surface area contributed by atoms with Gasteiger partial charge in [0.05, 0.1) is 6.42 Å². The van der Waals surface area contributed by atoms with Crippen LogP contribution in [0.3, 0.4) is 0 Å². The first kappa shape index (κ1) is 17.5. The van der Waals surface area contributed by atoms with Gasteiger partial charge in [-0.3, -0.25) is 9.59 Å². The number of carbonyl (C=O) groups excluding carboxylic acids is 2. The van der Waals surface area contributed by atoms with Crippen molar-refractivity contribution in [3.8, 4) is 0 Å². The quantitative estimate of drug-likeness (QED) is 0.907. The van der Waals surface area contributed by atoms with Crippen molar-refractivity contribution in [1.29, 1.82) is 0 Å². The fourth-order valence-electron chi connectivity index (χ4n) is 2.90. The lowest BCUT2D eigenvalue weighted by atomic mass is 9.97. The molecular formula is C19H28N2O2. The molecule has 1 heterocycles. The number of hydrogen-bond acceptors (Lipinski definition) is 2. The van der Waals surface area contributed by atoms with Gasteiger partial charge in [0.2, 0.25) is 11.8 Å². The number of rotatable bonds is 5. The zero-order valence-electron chi connectivity index (χ0n) is 14.5. The van der Waals surface area contributed by atoms with Crippen LogP contribution in [0.2, 0.25) is 0 Å². The molecule has 4 nitrogen and oxygen atoms in total. The first-order valence-electron chi connectivity index (χ1n) is 8.56. The van der Waals surface area contributed by atoms with Crippen LogP contribution in [0, 0.1) is 18.8 Å². The highest BCUT2D eigenvalue weighted by Crippen LogP contribution is 2.17. The van der Waals surface area contributed by atoms with E-state index in [4.69, 9.17) is 0 Å². The lowest BCUT2D eigenvalue weighted by molar-refractivity contribution is -0.132. The number of nitrogens with one attached hydrogen (secondary N) is 1. The number of benzene rings is 1. The van der Waals surface area contributed by atoms with E-state index in [0.717, 1.165) is 31.5 Å². The van der Waals surface area contributed by atoms with Crippen molar-refractivity contribution in [2.75, 3.05) is 19.6 Å². The van der Waals surface area contributed by atoms with Crippen molar-refractivity contribution in [2.45, 2.75) is 40.0 Å². The van der Waals surface area contributed by atoms with E-state index in [-0.39, 0.29) is 17.7 Å². The Morgan fingerprint density at radius 1 is 1.26 bits per heavy atom. The van der Waals surface area contributed by atoms with Crippen molar-refractivity contribution in [3.63, 3.8) is 0 Å². The number of likely N-dealkylation sites (tertiary alicyclic amines) is 1. The molecular weight excluding hydrogens is 288 g/mol. The molecule has 1 aromatic rings. The second kappa shape index (κ2) is 8.14. The summed E-state index contributed by atoms with van der Waals surface area (Å²) in [6.07, 6.45) is 2.56. The van der Waals surface area contributed by atoms with E-state index in [2.05, 4.69) is 5.32 Å². The average Bonchev–Trinajstić information content (AvgIpc) is 2.54. The highest BCUT2D eigenvalue weighted by Gasteiger charge is 2.24. The van der Waals surface area contributed by atoms with Gasteiger partial charge in [0.15, 0.2) is 0 Å². The highest BCUT2D eigenvalue weighted by atomic mass is 16.2. The Labute approximate surface area is 139 Å². The van der Waals surface area contributed by atoms with Crippen LogP contribution in [0.4, 0.5) is 0 Å². The molecule has 2 amide bonds. The van der Waals surface area contributed by atoms with E-state index in [1.807, 2.05) is 49.9 Å². The predicted molar refractivity (Wildman–Crippen MR) is 92.0 cm³/mol. The smallest absolute Gasteiger partial charge is 0.226 e. The maximum Gasteiger partial charge on any atom is 0.226 e. The predicted octanol–water partition coefficient (Wildman–Crippen LogP) is 2.55. The monoisotopic (exact) mass is 316 g/mol. The van der Waals surface area contributed by atoms with Gasteiger partial charge in [0, 0.05) is 25.6 Å². The third-order valence-corrected chi connectivity index (χ3v) is 4.44. The van der Waals surface area contributed by atoms with Crippen molar-refractivity contribution < 1.29 is 9.59 Å². The van der Waals surface area contributed by atoms with Crippen LogP contribution in [0.15, 0.2) is 24.3 Å². The molecule has 0 aliphatic carbocycles. The van der Waals surface area contributed by atoms with E-state index >= 15 is 0 Å². The van der Waals surface area contributed by atoms with Crippen molar-refractivity contribution in [3.05, 3.63) is 35.4 Å². The molecule has 1 aromatic carbocycles. The van der Waals surface area contributed by atoms with Gasteiger partial charge in [-0.1, -0.05) is 43.7 Å². The summed E-state index contributed by atoms with van der Waals surface area (Å²) in [7, 11) is 0. The van der Waals surface area contributed by atoms with Crippen molar-refractivity contribution >= 4 is 11.8 Å². The summed E-state index contributed by atoms with van der Waals surface area (Å²) >= 11 is 0. The van der Waals surface area contributed by atoms with Crippen LogP contribution < -0.4 is 5.32 Å². The molecule has 0 unspecified atom stereocenters. The van der Waals surface area contributed by atoms with Gasteiger partial charge < -0.3 is 10.2 Å². The van der Waals surface area contributed by atoms with Gasteiger partial charge in [-0.15, -0.1) is 0 Å². The first-order chi connectivity index (χ1) is 11.0. The van der Waals surface area contributed by atoms with E-state index in [1.54, 1.807) is 0 Å². The van der Waals surface area contributed by atoms with Crippen LogP contribution in [0.1, 0.15) is 37.8 Å². The molecule has 23 heavy (non-hydrogen) atoms. The molecule has 1 fully saturated rings. The normalized spacial score (nSPS) is 18.1.